The Morgan fingerprint density at radius 1 is 1.00 bits per heavy atom. The number of amides is 1. The van der Waals surface area contributed by atoms with E-state index in [2.05, 4.69) is 47.5 Å². The van der Waals surface area contributed by atoms with Gasteiger partial charge in [0.05, 0.1) is 19.6 Å². The van der Waals surface area contributed by atoms with Crippen LogP contribution in [0, 0.1) is 0 Å². The Labute approximate surface area is 156 Å². The zero-order valence-corrected chi connectivity index (χ0v) is 15.5. The summed E-state index contributed by atoms with van der Waals surface area (Å²) < 4.78 is 5.42. The number of carbonyl (C=O) groups excluding carboxylic acids is 1. The van der Waals surface area contributed by atoms with Crippen molar-refractivity contribution in [1.82, 2.24) is 10.2 Å². The highest BCUT2D eigenvalue weighted by atomic mass is 16.5. The van der Waals surface area contributed by atoms with Crippen LogP contribution in [-0.2, 0) is 35.5 Å². The second kappa shape index (κ2) is 9.51. The molecule has 1 amide bonds. The van der Waals surface area contributed by atoms with Crippen LogP contribution in [0.1, 0.15) is 29.2 Å². The Hall–Kier alpha value is -2.17. The monoisotopic (exact) mass is 352 g/mol. The van der Waals surface area contributed by atoms with Crippen molar-refractivity contribution in [3.05, 3.63) is 70.8 Å². The van der Waals surface area contributed by atoms with Crippen LogP contribution in [-0.4, -0.2) is 37.1 Å². The summed E-state index contributed by atoms with van der Waals surface area (Å²) >= 11 is 0. The zero-order valence-electron chi connectivity index (χ0n) is 15.5. The molecular weight excluding hydrogens is 324 g/mol. The van der Waals surface area contributed by atoms with Crippen molar-refractivity contribution < 1.29 is 9.53 Å². The molecule has 1 saturated heterocycles. The van der Waals surface area contributed by atoms with Crippen LogP contribution in [0.4, 0.5) is 0 Å². The number of hydrogen-bond acceptors (Lipinski definition) is 3. The molecule has 3 rings (SSSR count). The lowest BCUT2D eigenvalue weighted by Gasteiger charge is -2.27. The van der Waals surface area contributed by atoms with E-state index < -0.39 is 0 Å². The number of rotatable bonds is 7. The highest BCUT2D eigenvalue weighted by Gasteiger charge is 2.13. The summed E-state index contributed by atoms with van der Waals surface area (Å²) in [6, 6.07) is 16.6. The molecule has 0 atom stereocenters. The van der Waals surface area contributed by atoms with Crippen molar-refractivity contribution in [2.24, 2.45) is 0 Å². The molecule has 138 valence electrons. The van der Waals surface area contributed by atoms with Crippen LogP contribution >= 0.6 is 0 Å². The molecule has 0 aliphatic carbocycles. The molecule has 1 aliphatic rings. The first-order valence-electron chi connectivity index (χ1n) is 9.46. The van der Waals surface area contributed by atoms with Crippen LogP contribution in [0.15, 0.2) is 48.5 Å². The maximum Gasteiger partial charge on any atom is 0.224 e. The molecule has 2 aromatic carbocycles. The smallest absolute Gasteiger partial charge is 0.224 e. The third-order valence-corrected chi connectivity index (χ3v) is 4.89. The predicted octanol–water partition coefficient (Wildman–Crippen LogP) is 2.94. The van der Waals surface area contributed by atoms with E-state index in [1.165, 1.54) is 16.7 Å². The third kappa shape index (κ3) is 5.41. The molecule has 1 heterocycles. The summed E-state index contributed by atoms with van der Waals surface area (Å²) in [5.74, 6) is 0.0652. The van der Waals surface area contributed by atoms with Crippen LogP contribution < -0.4 is 5.32 Å². The number of nitrogens with one attached hydrogen (secondary N) is 1. The van der Waals surface area contributed by atoms with Crippen LogP contribution in [0.3, 0.4) is 0 Å². The molecule has 1 fully saturated rings. The van der Waals surface area contributed by atoms with Gasteiger partial charge in [-0.05, 0) is 28.7 Å². The quantitative estimate of drug-likeness (QED) is 0.833. The lowest BCUT2D eigenvalue weighted by molar-refractivity contribution is -0.120. The highest BCUT2D eigenvalue weighted by Crippen LogP contribution is 2.13. The predicted molar refractivity (Wildman–Crippen MR) is 104 cm³/mol. The van der Waals surface area contributed by atoms with Crippen molar-refractivity contribution in [3.8, 4) is 0 Å². The largest absolute Gasteiger partial charge is 0.379 e. The SMILES string of the molecule is CCc1ccc(CC(=O)NCc2ccccc2CN2CCOCC2)cc1. The molecule has 0 bridgehead atoms. The average Bonchev–Trinajstić information content (AvgIpc) is 2.69. The first-order chi connectivity index (χ1) is 12.7. The molecular formula is C22H28N2O2. The molecule has 0 aromatic heterocycles. The van der Waals surface area contributed by atoms with Crippen molar-refractivity contribution >= 4 is 5.91 Å². The summed E-state index contributed by atoms with van der Waals surface area (Å²) in [7, 11) is 0. The first-order valence-corrected chi connectivity index (χ1v) is 9.46. The minimum absolute atomic E-state index is 0.0652. The molecule has 4 heteroatoms. The van der Waals surface area contributed by atoms with E-state index in [4.69, 9.17) is 4.74 Å². The maximum absolute atomic E-state index is 12.3. The van der Waals surface area contributed by atoms with E-state index in [1.54, 1.807) is 0 Å². The molecule has 4 nitrogen and oxygen atoms in total. The summed E-state index contributed by atoms with van der Waals surface area (Å²) in [6.45, 7) is 7.16. The Balaban J connectivity index is 1.54. The standard InChI is InChI=1S/C22H28N2O2/c1-2-18-7-9-19(10-8-18)15-22(25)23-16-20-5-3-4-6-21(20)17-24-11-13-26-14-12-24/h3-10H,2,11-17H2,1H3,(H,23,25). The molecule has 0 saturated carbocycles. The second-order valence-electron chi connectivity index (χ2n) is 6.78. The van der Waals surface area contributed by atoms with E-state index in [0.717, 1.165) is 44.8 Å². The first kappa shape index (κ1) is 18.6. The van der Waals surface area contributed by atoms with Crippen molar-refractivity contribution in [2.45, 2.75) is 32.9 Å². The van der Waals surface area contributed by atoms with Gasteiger partial charge >= 0.3 is 0 Å². The topological polar surface area (TPSA) is 41.6 Å². The lowest BCUT2D eigenvalue weighted by Crippen LogP contribution is -2.36. The van der Waals surface area contributed by atoms with Crippen LogP contribution in [0.5, 0.6) is 0 Å². The molecule has 0 unspecified atom stereocenters. The number of benzene rings is 2. The van der Waals surface area contributed by atoms with Gasteiger partial charge in [0.2, 0.25) is 5.91 Å². The van der Waals surface area contributed by atoms with E-state index in [9.17, 15) is 4.79 Å². The number of ether oxygens (including phenoxy) is 1. The van der Waals surface area contributed by atoms with E-state index in [1.807, 2.05) is 18.2 Å². The number of carbonyl (C=O) groups is 1. The van der Waals surface area contributed by atoms with Gasteiger partial charge in [-0.3, -0.25) is 9.69 Å². The second-order valence-corrected chi connectivity index (χ2v) is 6.78. The Bertz CT molecular complexity index is 706. The normalized spacial score (nSPS) is 15.0. The summed E-state index contributed by atoms with van der Waals surface area (Å²) in [6.07, 6.45) is 1.45. The highest BCUT2D eigenvalue weighted by molar-refractivity contribution is 5.78. The van der Waals surface area contributed by atoms with Gasteiger partial charge in [0.25, 0.3) is 0 Å². The average molecular weight is 352 g/mol. The van der Waals surface area contributed by atoms with Crippen LogP contribution in [0.2, 0.25) is 0 Å². The Kier molecular flexibility index (Phi) is 6.81. The van der Waals surface area contributed by atoms with Gasteiger partial charge in [-0.1, -0.05) is 55.5 Å². The van der Waals surface area contributed by atoms with Gasteiger partial charge in [-0.2, -0.15) is 0 Å². The third-order valence-electron chi connectivity index (χ3n) is 4.89. The minimum atomic E-state index is 0.0652. The fourth-order valence-corrected chi connectivity index (χ4v) is 3.22. The van der Waals surface area contributed by atoms with E-state index in [0.29, 0.717) is 13.0 Å². The molecule has 2 aromatic rings. The van der Waals surface area contributed by atoms with Gasteiger partial charge in [0.1, 0.15) is 0 Å². The van der Waals surface area contributed by atoms with E-state index >= 15 is 0 Å². The molecule has 1 aliphatic heterocycles. The lowest BCUT2D eigenvalue weighted by atomic mass is 10.1. The summed E-state index contributed by atoms with van der Waals surface area (Å²) in [4.78, 5) is 14.7. The molecule has 26 heavy (non-hydrogen) atoms. The number of morpholine rings is 1. The summed E-state index contributed by atoms with van der Waals surface area (Å²) in [5.41, 5.74) is 4.82. The minimum Gasteiger partial charge on any atom is -0.379 e. The Morgan fingerprint density at radius 3 is 2.35 bits per heavy atom. The number of aryl methyl sites for hydroxylation is 1. The van der Waals surface area contributed by atoms with Gasteiger partial charge in [0.15, 0.2) is 0 Å². The Morgan fingerprint density at radius 2 is 1.65 bits per heavy atom. The van der Waals surface area contributed by atoms with Crippen molar-refractivity contribution in [2.75, 3.05) is 26.3 Å². The molecule has 0 spiro atoms. The van der Waals surface area contributed by atoms with Crippen molar-refractivity contribution in [3.63, 3.8) is 0 Å². The van der Waals surface area contributed by atoms with Crippen LogP contribution in [0.25, 0.3) is 0 Å². The van der Waals surface area contributed by atoms with E-state index in [-0.39, 0.29) is 5.91 Å². The number of nitrogens with zero attached hydrogens (tertiary/aromatic N) is 1. The van der Waals surface area contributed by atoms with Gasteiger partial charge < -0.3 is 10.1 Å². The zero-order chi connectivity index (χ0) is 18.2. The maximum atomic E-state index is 12.3. The summed E-state index contributed by atoms with van der Waals surface area (Å²) in [5, 5.41) is 3.07. The number of hydrogen-bond donors (Lipinski definition) is 1. The van der Waals surface area contributed by atoms with Gasteiger partial charge in [-0.25, -0.2) is 0 Å². The molecule has 0 radical (unpaired) electrons. The fourth-order valence-electron chi connectivity index (χ4n) is 3.22. The van der Waals surface area contributed by atoms with Crippen molar-refractivity contribution in [1.29, 1.82) is 0 Å². The fraction of sp³-hybridized carbons (Fsp3) is 0.409. The van der Waals surface area contributed by atoms with Gasteiger partial charge in [-0.15, -0.1) is 0 Å². The van der Waals surface area contributed by atoms with Gasteiger partial charge in [0, 0.05) is 26.2 Å². The molecule has 1 N–H and O–H groups in total.